The molecule has 3 aromatic rings. The van der Waals surface area contributed by atoms with Gasteiger partial charge in [0.15, 0.2) is 0 Å². The Balaban J connectivity index is 1.71. The standard InChI is InChI=1S/C24H18N2O5/c27-21(25-19-13-7-6-12-18(19)24(30)31)20(14-15-8-2-1-3-9-15)26-22(28)16-10-4-5-11-17(16)23(26)29/h1-13,20H,14H2,(H,25,27)(H,30,31)/p-1/t20-/m1/s1. The first-order valence-corrected chi connectivity index (χ1v) is 9.59. The number of carbonyl (C=O) groups excluding carboxylic acids is 4. The number of hydrogen-bond acceptors (Lipinski definition) is 5. The van der Waals surface area contributed by atoms with E-state index in [0.29, 0.717) is 0 Å². The lowest BCUT2D eigenvalue weighted by atomic mass is 10.0. The van der Waals surface area contributed by atoms with Crippen molar-refractivity contribution in [3.8, 4) is 0 Å². The van der Waals surface area contributed by atoms with Crippen LogP contribution in [0.3, 0.4) is 0 Å². The summed E-state index contributed by atoms with van der Waals surface area (Å²) in [7, 11) is 0. The van der Waals surface area contributed by atoms with E-state index in [1.807, 2.05) is 6.07 Å². The van der Waals surface area contributed by atoms with Crippen LogP contribution < -0.4 is 10.4 Å². The number of carboxylic acids is 1. The monoisotopic (exact) mass is 413 g/mol. The first-order chi connectivity index (χ1) is 15.0. The highest BCUT2D eigenvalue weighted by atomic mass is 16.4. The number of imide groups is 1. The van der Waals surface area contributed by atoms with Crippen molar-refractivity contribution in [2.24, 2.45) is 0 Å². The van der Waals surface area contributed by atoms with Gasteiger partial charge in [-0.05, 0) is 23.8 Å². The number of carboxylic acid groups (broad SMARTS) is 1. The molecule has 31 heavy (non-hydrogen) atoms. The van der Waals surface area contributed by atoms with Crippen molar-refractivity contribution >= 4 is 29.4 Å². The zero-order valence-electron chi connectivity index (χ0n) is 16.3. The van der Waals surface area contributed by atoms with Crippen molar-refractivity contribution in [1.82, 2.24) is 4.90 Å². The molecule has 0 saturated heterocycles. The average Bonchev–Trinajstić information content (AvgIpc) is 3.03. The predicted octanol–water partition coefficient (Wildman–Crippen LogP) is 1.90. The van der Waals surface area contributed by atoms with Gasteiger partial charge in [-0.2, -0.15) is 0 Å². The van der Waals surface area contributed by atoms with Crippen LogP contribution in [0.2, 0.25) is 0 Å². The van der Waals surface area contributed by atoms with Gasteiger partial charge < -0.3 is 15.2 Å². The van der Waals surface area contributed by atoms with E-state index in [4.69, 9.17) is 0 Å². The summed E-state index contributed by atoms with van der Waals surface area (Å²) in [5.41, 5.74) is 1.04. The number of rotatable bonds is 6. The van der Waals surface area contributed by atoms with Gasteiger partial charge in [0, 0.05) is 17.7 Å². The van der Waals surface area contributed by atoms with Crippen LogP contribution in [-0.2, 0) is 11.2 Å². The van der Waals surface area contributed by atoms with E-state index in [2.05, 4.69) is 5.32 Å². The van der Waals surface area contributed by atoms with Crippen molar-refractivity contribution in [2.75, 3.05) is 5.32 Å². The third-order valence-corrected chi connectivity index (χ3v) is 5.12. The van der Waals surface area contributed by atoms with Gasteiger partial charge in [0.2, 0.25) is 5.91 Å². The van der Waals surface area contributed by atoms with Gasteiger partial charge in [0.1, 0.15) is 6.04 Å². The second-order valence-corrected chi connectivity index (χ2v) is 7.05. The van der Waals surface area contributed by atoms with Crippen LogP contribution in [0, 0.1) is 0 Å². The Morgan fingerprint density at radius 2 is 1.35 bits per heavy atom. The van der Waals surface area contributed by atoms with E-state index in [0.717, 1.165) is 10.5 Å². The average molecular weight is 413 g/mol. The maximum atomic E-state index is 13.3. The maximum absolute atomic E-state index is 13.3. The number of fused-ring (bicyclic) bond motifs is 1. The van der Waals surface area contributed by atoms with E-state index >= 15 is 0 Å². The Morgan fingerprint density at radius 1 is 0.806 bits per heavy atom. The molecule has 0 spiro atoms. The van der Waals surface area contributed by atoms with Gasteiger partial charge in [-0.25, -0.2) is 0 Å². The quantitative estimate of drug-likeness (QED) is 0.621. The van der Waals surface area contributed by atoms with Crippen LogP contribution in [-0.4, -0.2) is 34.6 Å². The molecule has 7 heteroatoms. The third kappa shape index (κ3) is 3.81. The number of hydrogen-bond donors (Lipinski definition) is 1. The number of carbonyl (C=O) groups is 4. The second kappa shape index (κ2) is 8.23. The van der Waals surface area contributed by atoms with Gasteiger partial charge in [-0.15, -0.1) is 0 Å². The number of aromatic carboxylic acids is 1. The summed E-state index contributed by atoms with van der Waals surface area (Å²) in [5, 5.41) is 13.9. The summed E-state index contributed by atoms with van der Waals surface area (Å²) >= 11 is 0. The molecule has 3 amide bonds. The summed E-state index contributed by atoms with van der Waals surface area (Å²) < 4.78 is 0. The Labute approximate surface area is 177 Å². The molecule has 0 saturated carbocycles. The lowest BCUT2D eigenvalue weighted by molar-refractivity contribution is -0.254. The first-order valence-electron chi connectivity index (χ1n) is 9.59. The molecule has 0 unspecified atom stereocenters. The van der Waals surface area contributed by atoms with Crippen molar-refractivity contribution < 1.29 is 24.3 Å². The summed E-state index contributed by atoms with van der Waals surface area (Å²) in [6.07, 6.45) is 0.0750. The Morgan fingerprint density at radius 3 is 1.97 bits per heavy atom. The molecule has 1 N–H and O–H groups in total. The first kappa shape index (κ1) is 20.0. The van der Waals surface area contributed by atoms with Crippen molar-refractivity contribution in [1.29, 1.82) is 0 Å². The molecule has 1 aliphatic rings. The fraction of sp³-hybridized carbons (Fsp3) is 0.0833. The number of nitrogens with one attached hydrogen (secondary N) is 1. The highest BCUT2D eigenvalue weighted by Gasteiger charge is 2.42. The number of para-hydroxylation sites is 1. The molecule has 1 atom stereocenters. The highest BCUT2D eigenvalue weighted by molar-refractivity contribution is 6.23. The molecule has 4 rings (SSSR count). The maximum Gasteiger partial charge on any atom is 0.262 e. The van der Waals surface area contributed by atoms with Gasteiger partial charge in [-0.1, -0.05) is 60.7 Å². The van der Waals surface area contributed by atoms with Crippen LogP contribution >= 0.6 is 0 Å². The summed E-state index contributed by atoms with van der Waals surface area (Å²) in [5.74, 6) is -3.25. The topological polar surface area (TPSA) is 107 Å². The molecule has 1 heterocycles. The minimum atomic E-state index is -1.45. The van der Waals surface area contributed by atoms with E-state index in [9.17, 15) is 24.3 Å². The normalized spacial score (nSPS) is 13.6. The smallest absolute Gasteiger partial charge is 0.262 e. The van der Waals surface area contributed by atoms with E-state index < -0.39 is 29.7 Å². The zero-order valence-corrected chi connectivity index (χ0v) is 16.3. The SMILES string of the molecule is O=C([O-])c1ccccc1NC(=O)[C@@H](Cc1ccccc1)N1C(=O)c2ccccc2C1=O. The summed E-state index contributed by atoms with van der Waals surface area (Å²) in [6, 6.07) is 20.0. The molecule has 0 aliphatic carbocycles. The van der Waals surface area contributed by atoms with Crippen molar-refractivity contribution in [2.45, 2.75) is 12.5 Å². The van der Waals surface area contributed by atoms with Crippen molar-refractivity contribution in [3.63, 3.8) is 0 Å². The number of amides is 3. The molecule has 0 radical (unpaired) electrons. The number of benzene rings is 3. The summed E-state index contributed by atoms with van der Waals surface area (Å²) in [6.45, 7) is 0. The van der Waals surface area contributed by atoms with Crippen LogP contribution in [0.4, 0.5) is 5.69 Å². The van der Waals surface area contributed by atoms with Crippen LogP contribution in [0.1, 0.15) is 36.6 Å². The Bertz CT molecular complexity index is 1150. The summed E-state index contributed by atoms with van der Waals surface area (Å²) in [4.78, 5) is 51.6. The predicted molar refractivity (Wildman–Crippen MR) is 110 cm³/mol. The van der Waals surface area contributed by atoms with Gasteiger partial charge >= 0.3 is 0 Å². The van der Waals surface area contributed by atoms with Crippen LogP contribution in [0.15, 0.2) is 78.9 Å². The second-order valence-electron chi connectivity index (χ2n) is 7.05. The van der Waals surface area contributed by atoms with Crippen molar-refractivity contribution in [3.05, 3.63) is 101 Å². The lowest BCUT2D eigenvalue weighted by Gasteiger charge is -2.26. The van der Waals surface area contributed by atoms with E-state index in [-0.39, 0.29) is 28.8 Å². The van der Waals surface area contributed by atoms with Gasteiger partial charge in [0.05, 0.1) is 17.1 Å². The molecular formula is C24H17N2O5-. The van der Waals surface area contributed by atoms with Gasteiger partial charge in [-0.3, -0.25) is 19.3 Å². The third-order valence-electron chi connectivity index (χ3n) is 5.12. The fourth-order valence-electron chi connectivity index (χ4n) is 3.62. The zero-order chi connectivity index (χ0) is 22.0. The fourth-order valence-corrected chi connectivity index (χ4v) is 3.62. The Kier molecular flexibility index (Phi) is 5.32. The molecule has 154 valence electrons. The van der Waals surface area contributed by atoms with Crippen LogP contribution in [0.5, 0.6) is 0 Å². The molecule has 7 nitrogen and oxygen atoms in total. The minimum Gasteiger partial charge on any atom is -0.545 e. The Hall–Kier alpha value is -4.26. The molecule has 3 aromatic carbocycles. The molecular weight excluding hydrogens is 396 g/mol. The van der Waals surface area contributed by atoms with E-state index in [1.165, 1.54) is 18.2 Å². The van der Waals surface area contributed by atoms with Gasteiger partial charge in [0.25, 0.3) is 11.8 Å². The molecule has 0 aromatic heterocycles. The number of anilines is 1. The highest BCUT2D eigenvalue weighted by Crippen LogP contribution is 2.27. The molecule has 1 aliphatic heterocycles. The minimum absolute atomic E-state index is 0.0298. The molecule has 0 bridgehead atoms. The van der Waals surface area contributed by atoms with E-state index in [1.54, 1.807) is 54.6 Å². The largest absolute Gasteiger partial charge is 0.545 e. The number of nitrogens with zero attached hydrogens (tertiary/aromatic N) is 1. The lowest BCUT2D eigenvalue weighted by Crippen LogP contribution is -2.48. The van der Waals surface area contributed by atoms with Crippen LogP contribution in [0.25, 0.3) is 0 Å². The molecule has 0 fully saturated rings.